The van der Waals surface area contributed by atoms with Gasteiger partial charge in [0.05, 0.1) is 17.7 Å². The average Bonchev–Trinajstić information content (AvgIpc) is 2.84. The molecular weight excluding hydrogens is 266 g/mol. The molecule has 1 aromatic heterocycles. The van der Waals surface area contributed by atoms with Crippen LogP contribution < -0.4 is 10.5 Å². The number of halogens is 1. The van der Waals surface area contributed by atoms with Gasteiger partial charge in [0.25, 0.3) is 0 Å². The minimum absolute atomic E-state index is 0.226. The van der Waals surface area contributed by atoms with E-state index < -0.39 is 0 Å². The van der Waals surface area contributed by atoms with Crippen molar-refractivity contribution in [1.82, 2.24) is 10.1 Å². The van der Waals surface area contributed by atoms with Crippen molar-refractivity contribution in [3.05, 3.63) is 29.1 Å². The van der Waals surface area contributed by atoms with E-state index in [-0.39, 0.29) is 6.54 Å². The van der Waals surface area contributed by atoms with Gasteiger partial charge in [0, 0.05) is 5.56 Å². The number of nitrogens with two attached hydrogens (primary N) is 1. The van der Waals surface area contributed by atoms with E-state index in [9.17, 15) is 0 Å². The molecule has 1 saturated carbocycles. The summed E-state index contributed by atoms with van der Waals surface area (Å²) in [6.07, 6.45) is 3.73. The molecule has 1 aromatic carbocycles. The first-order valence-electron chi connectivity index (χ1n) is 6.25. The molecule has 1 aliphatic carbocycles. The SMILES string of the molecule is NCc1nc(-c2ccc(OC3CCC3)c(Cl)c2)no1. The van der Waals surface area contributed by atoms with Crippen LogP contribution in [0.15, 0.2) is 22.7 Å². The maximum absolute atomic E-state index is 6.21. The highest BCUT2D eigenvalue weighted by Crippen LogP contribution is 2.33. The Morgan fingerprint density at radius 2 is 2.26 bits per heavy atom. The normalized spacial score (nSPS) is 15.3. The molecule has 0 radical (unpaired) electrons. The molecule has 100 valence electrons. The van der Waals surface area contributed by atoms with Crippen molar-refractivity contribution in [3.8, 4) is 17.1 Å². The molecule has 0 saturated heterocycles. The van der Waals surface area contributed by atoms with E-state index in [0.717, 1.165) is 18.4 Å². The lowest BCUT2D eigenvalue weighted by Gasteiger charge is -2.26. The van der Waals surface area contributed by atoms with Crippen LogP contribution in [0.1, 0.15) is 25.2 Å². The molecule has 2 aromatic rings. The molecule has 0 aliphatic heterocycles. The quantitative estimate of drug-likeness (QED) is 0.931. The van der Waals surface area contributed by atoms with Gasteiger partial charge in [0.1, 0.15) is 5.75 Å². The third-order valence-electron chi connectivity index (χ3n) is 3.18. The second kappa shape index (κ2) is 5.19. The van der Waals surface area contributed by atoms with E-state index in [4.69, 9.17) is 26.6 Å². The highest BCUT2D eigenvalue weighted by molar-refractivity contribution is 6.32. The third-order valence-corrected chi connectivity index (χ3v) is 3.47. The Balaban J connectivity index is 1.81. The lowest BCUT2D eigenvalue weighted by molar-refractivity contribution is 0.120. The molecule has 6 heteroatoms. The first kappa shape index (κ1) is 12.4. The van der Waals surface area contributed by atoms with E-state index in [0.29, 0.717) is 28.6 Å². The molecule has 2 N–H and O–H groups in total. The van der Waals surface area contributed by atoms with E-state index in [1.54, 1.807) is 6.07 Å². The number of nitrogens with zero attached hydrogens (tertiary/aromatic N) is 2. The first-order valence-corrected chi connectivity index (χ1v) is 6.63. The molecule has 1 heterocycles. The predicted octanol–water partition coefficient (Wildman–Crippen LogP) is 2.78. The van der Waals surface area contributed by atoms with Crippen molar-refractivity contribution in [2.75, 3.05) is 0 Å². The van der Waals surface area contributed by atoms with Crippen LogP contribution in [0.25, 0.3) is 11.4 Å². The summed E-state index contributed by atoms with van der Waals surface area (Å²) in [6.45, 7) is 0.226. The van der Waals surface area contributed by atoms with Crippen LogP contribution in [-0.2, 0) is 6.54 Å². The molecule has 0 amide bonds. The molecule has 0 unspecified atom stereocenters. The van der Waals surface area contributed by atoms with Crippen LogP contribution >= 0.6 is 11.6 Å². The summed E-state index contributed by atoms with van der Waals surface area (Å²) in [5, 5.41) is 4.41. The first-order chi connectivity index (χ1) is 9.26. The second-order valence-corrected chi connectivity index (χ2v) is 4.94. The fourth-order valence-corrected chi connectivity index (χ4v) is 2.08. The van der Waals surface area contributed by atoms with Crippen LogP contribution in [0.2, 0.25) is 5.02 Å². The topological polar surface area (TPSA) is 74.2 Å². The Bertz CT molecular complexity index is 581. The Morgan fingerprint density at radius 1 is 1.42 bits per heavy atom. The van der Waals surface area contributed by atoms with Gasteiger partial charge in [0.15, 0.2) is 0 Å². The van der Waals surface area contributed by atoms with Crippen LogP contribution in [-0.4, -0.2) is 16.2 Å². The zero-order valence-corrected chi connectivity index (χ0v) is 11.1. The average molecular weight is 280 g/mol. The van der Waals surface area contributed by atoms with Crippen LogP contribution in [0.4, 0.5) is 0 Å². The lowest BCUT2D eigenvalue weighted by atomic mass is 9.96. The summed E-state index contributed by atoms with van der Waals surface area (Å²) >= 11 is 6.21. The van der Waals surface area contributed by atoms with E-state index in [1.165, 1.54) is 6.42 Å². The van der Waals surface area contributed by atoms with E-state index >= 15 is 0 Å². The monoisotopic (exact) mass is 279 g/mol. The van der Waals surface area contributed by atoms with Gasteiger partial charge in [-0.15, -0.1) is 0 Å². The summed E-state index contributed by atoms with van der Waals surface area (Å²) in [5.41, 5.74) is 6.22. The Morgan fingerprint density at radius 3 is 2.84 bits per heavy atom. The second-order valence-electron chi connectivity index (χ2n) is 4.53. The fourth-order valence-electron chi connectivity index (χ4n) is 1.86. The van der Waals surface area contributed by atoms with Crippen molar-refractivity contribution < 1.29 is 9.26 Å². The summed E-state index contributed by atoms with van der Waals surface area (Å²) in [4.78, 5) is 4.16. The number of hydrogen-bond donors (Lipinski definition) is 1. The number of benzene rings is 1. The Hall–Kier alpha value is -1.59. The zero-order chi connectivity index (χ0) is 13.2. The number of aromatic nitrogens is 2. The molecule has 0 atom stereocenters. The van der Waals surface area contributed by atoms with Crippen molar-refractivity contribution in [1.29, 1.82) is 0 Å². The molecule has 0 bridgehead atoms. The van der Waals surface area contributed by atoms with E-state index in [1.807, 2.05) is 12.1 Å². The van der Waals surface area contributed by atoms with Gasteiger partial charge in [-0.3, -0.25) is 0 Å². The van der Waals surface area contributed by atoms with Crippen LogP contribution in [0.5, 0.6) is 5.75 Å². The standard InChI is InChI=1S/C13H14ClN3O2/c14-10-6-8(13-16-12(7-15)19-17-13)4-5-11(10)18-9-2-1-3-9/h4-6,9H,1-3,7,15H2. The summed E-state index contributed by atoms with van der Waals surface area (Å²) < 4.78 is 10.8. The van der Waals surface area contributed by atoms with Crippen molar-refractivity contribution in [3.63, 3.8) is 0 Å². The number of rotatable bonds is 4. The van der Waals surface area contributed by atoms with Gasteiger partial charge in [-0.05, 0) is 37.5 Å². The summed E-state index contributed by atoms with van der Waals surface area (Å²) in [6, 6.07) is 5.49. The van der Waals surface area contributed by atoms with Crippen LogP contribution in [0.3, 0.4) is 0 Å². The highest BCUT2D eigenvalue weighted by atomic mass is 35.5. The van der Waals surface area contributed by atoms with Gasteiger partial charge in [0.2, 0.25) is 11.7 Å². The smallest absolute Gasteiger partial charge is 0.240 e. The minimum atomic E-state index is 0.226. The molecule has 19 heavy (non-hydrogen) atoms. The largest absolute Gasteiger partial charge is 0.489 e. The highest BCUT2D eigenvalue weighted by Gasteiger charge is 2.20. The maximum Gasteiger partial charge on any atom is 0.240 e. The molecule has 1 aliphatic rings. The molecule has 3 rings (SSSR count). The molecule has 5 nitrogen and oxygen atoms in total. The van der Waals surface area contributed by atoms with Gasteiger partial charge in [-0.25, -0.2) is 0 Å². The van der Waals surface area contributed by atoms with Crippen molar-refractivity contribution in [2.24, 2.45) is 5.73 Å². The minimum Gasteiger partial charge on any atom is -0.489 e. The zero-order valence-electron chi connectivity index (χ0n) is 10.3. The van der Waals surface area contributed by atoms with Gasteiger partial charge < -0.3 is 15.0 Å². The summed E-state index contributed by atoms with van der Waals surface area (Å²) in [7, 11) is 0. The van der Waals surface area contributed by atoms with Crippen molar-refractivity contribution >= 4 is 11.6 Å². The molecule has 0 spiro atoms. The van der Waals surface area contributed by atoms with Gasteiger partial charge >= 0.3 is 0 Å². The van der Waals surface area contributed by atoms with Crippen molar-refractivity contribution in [2.45, 2.75) is 31.9 Å². The maximum atomic E-state index is 6.21. The van der Waals surface area contributed by atoms with Gasteiger partial charge in [-0.1, -0.05) is 16.8 Å². The van der Waals surface area contributed by atoms with E-state index in [2.05, 4.69) is 10.1 Å². The van der Waals surface area contributed by atoms with Crippen LogP contribution in [0, 0.1) is 0 Å². The number of ether oxygens (including phenoxy) is 1. The molecule has 1 fully saturated rings. The molecular formula is C13H14ClN3O2. The third kappa shape index (κ3) is 2.57. The number of hydrogen-bond acceptors (Lipinski definition) is 5. The Kier molecular flexibility index (Phi) is 3.40. The lowest BCUT2D eigenvalue weighted by Crippen LogP contribution is -2.24. The fraction of sp³-hybridized carbons (Fsp3) is 0.385. The predicted molar refractivity (Wildman–Crippen MR) is 70.9 cm³/mol. The van der Waals surface area contributed by atoms with Gasteiger partial charge in [-0.2, -0.15) is 4.98 Å². The Labute approximate surface area is 115 Å². The summed E-state index contributed by atoms with van der Waals surface area (Å²) in [5.74, 6) is 1.59.